The number of carbonyl (C=O) groups is 1. The summed E-state index contributed by atoms with van der Waals surface area (Å²) in [5.41, 5.74) is 6.14. The van der Waals surface area contributed by atoms with Crippen molar-refractivity contribution >= 4 is 40.1 Å². The second kappa shape index (κ2) is 8.31. The number of piperidine rings is 1. The third kappa shape index (κ3) is 4.81. The van der Waals surface area contributed by atoms with E-state index < -0.39 is 0 Å². The molecular weight excluding hydrogens is 403 g/mol. The third-order valence-electron chi connectivity index (χ3n) is 3.59. The molecule has 1 aromatic rings. The molecule has 0 radical (unpaired) electrons. The first-order valence-corrected chi connectivity index (χ1v) is 8.63. The maximum absolute atomic E-state index is 12.5. The van der Waals surface area contributed by atoms with Gasteiger partial charge in [-0.2, -0.15) is 0 Å². The fourth-order valence-electron chi connectivity index (χ4n) is 2.39. The molecule has 1 aromatic carbocycles. The van der Waals surface area contributed by atoms with E-state index >= 15 is 0 Å². The van der Waals surface area contributed by atoms with Gasteiger partial charge in [0.25, 0.3) is 5.91 Å². The predicted octanol–water partition coefficient (Wildman–Crippen LogP) is 2.91. The Morgan fingerprint density at radius 1 is 1.43 bits per heavy atom. The van der Waals surface area contributed by atoms with Crippen molar-refractivity contribution < 1.29 is 9.53 Å². The van der Waals surface area contributed by atoms with Crippen molar-refractivity contribution in [2.24, 2.45) is 5.73 Å². The lowest BCUT2D eigenvalue weighted by Crippen LogP contribution is -2.41. The quantitative estimate of drug-likeness (QED) is 0.586. The van der Waals surface area contributed by atoms with Crippen LogP contribution in [0.15, 0.2) is 18.2 Å². The monoisotopic (exact) mass is 422 g/mol. The van der Waals surface area contributed by atoms with Gasteiger partial charge in [-0.05, 0) is 66.6 Å². The maximum atomic E-state index is 12.5. The highest BCUT2D eigenvalue weighted by molar-refractivity contribution is 14.1. The van der Waals surface area contributed by atoms with Gasteiger partial charge in [0, 0.05) is 28.3 Å². The molecule has 2 N–H and O–H groups in total. The molecule has 1 saturated heterocycles. The van der Waals surface area contributed by atoms with Crippen LogP contribution in [0.4, 0.5) is 0 Å². The molecule has 4 nitrogen and oxygen atoms in total. The Morgan fingerprint density at radius 3 is 2.81 bits per heavy atom. The van der Waals surface area contributed by atoms with Crippen molar-refractivity contribution in [2.45, 2.75) is 25.4 Å². The molecule has 6 heteroatoms. The first-order chi connectivity index (χ1) is 10.1. The Hall–Kier alpha value is -0.370. The first-order valence-electron chi connectivity index (χ1n) is 7.18. The Bertz CT molecular complexity index is 491. The number of benzene rings is 1. The van der Waals surface area contributed by atoms with Crippen LogP contribution in [-0.2, 0) is 4.74 Å². The van der Waals surface area contributed by atoms with Gasteiger partial charge >= 0.3 is 0 Å². The zero-order valence-electron chi connectivity index (χ0n) is 11.9. The minimum Gasteiger partial charge on any atom is -0.378 e. The zero-order chi connectivity index (χ0) is 15.2. The summed E-state index contributed by atoms with van der Waals surface area (Å²) in [7, 11) is 0. The van der Waals surface area contributed by atoms with Crippen LogP contribution in [0.3, 0.4) is 0 Å². The van der Waals surface area contributed by atoms with Crippen LogP contribution < -0.4 is 5.73 Å². The zero-order valence-corrected chi connectivity index (χ0v) is 14.8. The molecule has 0 aromatic heterocycles. The highest BCUT2D eigenvalue weighted by atomic mass is 127. The largest absolute Gasteiger partial charge is 0.378 e. The van der Waals surface area contributed by atoms with Crippen molar-refractivity contribution in [1.29, 1.82) is 0 Å². The lowest BCUT2D eigenvalue weighted by Gasteiger charge is -2.32. The molecule has 1 heterocycles. The minimum absolute atomic E-state index is 0.0577. The number of likely N-dealkylation sites (tertiary alicyclic amines) is 1. The van der Waals surface area contributed by atoms with Gasteiger partial charge in [-0.15, -0.1) is 0 Å². The molecule has 0 bridgehead atoms. The topological polar surface area (TPSA) is 55.6 Å². The smallest absolute Gasteiger partial charge is 0.254 e. The second-order valence-corrected chi connectivity index (χ2v) is 6.73. The van der Waals surface area contributed by atoms with E-state index in [0.717, 1.165) is 35.9 Å². The summed E-state index contributed by atoms with van der Waals surface area (Å²) < 4.78 is 6.69. The van der Waals surface area contributed by atoms with E-state index in [2.05, 4.69) is 22.6 Å². The molecule has 1 aliphatic heterocycles. The van der Waals surface area contributed by atoms with Crippen molar-refractivity contribution in [2.75, 3.05) is 26.2 Å². The van der Waals surface area contributed by atoms with Crippen molar-refractivity contribution in [3.8, 4) is 0 Å². The summed E-state index contributed by atoms with van der Waals surface area (Å²) in [6.45, 7) is 2.83. The van der Waals surface area contributed by atoms with Gasteiger partial charge < -0.3 is 15.4 Å². The van der Waals surface area contributed by atoms with Crippen molar-refractivity contribution in [3.63, 3.8) is 0 Å². The SMILES string of the molecule is NCCCOC1CCN(C(=O)c2cc(Cl)ccc2I)CC1. The molecule has 21 heavy (non-hydrogen) atoms. The summed E-state index contributed by atoms with van der Waals surface area (Å²) in [5.74, 6) is 0.0577. The van der Waals surface area contributed by atoms with Crippen LogP contribution in [0.5, 0.6) is 0 Å². The van der Waals surface area contributed by atoms with Gasteiger partial charge in [-0.1, -0.05) is 11.6 Å². The number of amides is 1. The van der Waals surface area contributed by atoms with E-state index in [1.54, 1.807) is 12.1 Å². The van der Waals surface area contributed by atoms with Crippen molar-refractivity contribution in [3.05, 3.63) is 32.4 Å². The van der Waals surface area contributed by atoms with E-state index in [1.807, 2.05) is 11.0 Å². The van der Waals surface area contributed by atoms with Gasteiger partial charge in [0.1, 0.15) is 0 Å². The van der Waals surface area contributed by atoms with E-state index in [0.29, 0.717) is 23.7 Å². The number of ether oxygens (including phenoxy) is 1. The van der Waals surface area contributed by atoms with Gasteiger partial charge in [0.2, 0.25) is 0 Å². The molecular formula is C15H20ClIN2O2. The summed E-state index contributed by atoms with van der Waals surface area (Å²) in [4.78, 5) is 14.4. The summed E-state index contributed by atoms with van der Waals surface area (Å²) in [6, 6.07) is 5.42. The van der Waals surface area contributed by atoms with Crippen molar-refractivity contribution in [1.82, 2.24) is 4.90 Å². The molecule has 1 aliphatic rings. The minimum atomic E-state index is 0.0577. The summed E-state index contributed by atoms with van der Waals surface area (Å²) in [5, 5.41) is 0.596. The van der Waals surface area contributed by atoms with E-state index in [1.165, 1.54) is 0 Å². The van der Waals surface area contributed by atoms with Crippen LogP contribution in [0.25, 0.3) is 0 Å². The maximum Gasteiger partial charge on any atom is 0.254 e. The van der Waals surface area contributed by atoms with E-state index in [9.17, 15) is 4.79 Å². The molecule has 116 valence electrons. The molecule has 0 aliphatic carbocycles. The number of nitrogens with zero attached hydrogens (tertiary/aromatic N) is 1. The average molecular weight is 423 g/mol. The van der Waals surface area contributed by atoms with Gasteiger partial charge in [0.15, 0.2) is 0 Å². The van der Waals surface area contributed by atoms with E-state index in [-0.39, 0.29) is 12.0 Å². The van der Waals surface area contributed by atoms with Gasteiger partial charge in [-0.3, -0.25) is 4.79 Å². The van der Waals surface area contributed by atoms with Crippen LogP contribution >= 0.6 is 34.2 Å². The van der Waals surface area contributed by atoms with Gasteiger partial charge in [-0.25, -0.2) is 0 Å². The van der Waals surface area contributed by atoms with Crippen LogP contribution in [-0.4, -0.2) is 43.2 Å². The number of halogens is 2. The number of carbonyl (C=O) groups excluding carboxylic acids is 1. The van der Waals surface area contributed by atoms with Gasteiger partial charge in [0.05, 0.1) is 11.7 Å². The molecule has 2 rings (SSSR count). The number of hydrogen-bond acceptors (Lipinski definition) is 3. The standard InChI is InChI=1S/C15H20ClIN2O2/c16-11-2-3-14(17)13(10-11)15(20)19-7-4-12(5-8-19)21-9-1-6-18/h2-3,10,12H,1,4-9,18H2. The van der Waals surface area contributed by atoms with E-state index in [4.69, 9.17) is 22.1 Å². The van der Waals surface area contributed by atoms with Crippen LogP contribution in [0.1, 0.15) is 29.6 Å². The predicted molar refractivity (Wildman–Crippen MR) is 92.7 cm³/mol. The normalized spacial score (nSPS) is 16.2. The molecule has 1 fully saturated rings. The second-order valence-electron chi connectivity index (χ2n) is 5.13. The molecule has 0 atom stereocenters. The highest BCUT2D eigenvalue weighted by Gasteiger charge is 2.25. The third-order valence-corrected chi connectivity index (χ3v) is 4.77. The number of hydrogen-bond donors (Lipinski definition) is 1. The molecule has 0 saturated carbocycles. The Labute approximate surface area is 144 Å². The van der Waals surface area contributed by atoms with Crippen LogP contribution in [0, 0.1) is 3.57 Å². The molecule has 0 spiro atoms. The summed E-state index contributed by atoms with van der Waals surface area (Å²) in [6.07, 6.45) is 2.90. The fraction of sp³-hybridized carbons (Fsp3) is 0.533. The Kier molecular flexibility index (Phi) is 6.73. The number of rotatable bonds is 5. The number of nitrogens with two attached hydrogens (primary N) is 1. The Morgan fingerprint density at radius 2 is 2.14 bits per heavy atom. The Balaban J connectivity index is 1.89. The highest BCUT2D eigenvalue weighted by Crippen LogP contribution is 2.22. The van der Waals surface area contributed by atoms with Crippen LogP contribution in [0.2, 0.25) is 5.02 Å². The molecule has 0 unspecified atom stereocenters. The summed E-state index contributed by atoms with van der Waals surface area (Å²) >= 11 is 8.16. The molecule has 1 amide bonds. The average Bonchev–Trinajstić information content (AvgIpc) is 2.50. The first kappa shape index (κ1) is 17.0. The lowest BCUT2D eigenvalue weighted by molar-refractivity contribution is 0.00842. The fourth-order valence-corrected chi connectivity index (χ4v) is 3.13. The lowest BCUT2D eigenvalue weighted by atomic mass is 10.1.